The van der Waals surface area contributed by atoms with E-state index in [9.17, 15) is 4.79 Å². The second kappa shape index (κ2) is 7.88. The molecule has 0 spiro atoms. The molecule has 0 saturated carbocycles. The van der Waals surface area contributed by atoms with Crippen molar-refractivity contribution in [3.8, 4) is 0 Å². The molecule has 31 heavy (non-hydrogen) atoms. The molecule has 0 aliphatic heterocycles. The van der Waals surface area contributed by atoms with Gasteiger partial charge in [-0.05, 0) is 75.6 Å². The zero-order valence-corrected chi connectivity index (χ0v) is 18.1. The van der Waals surface area contributed by atoms with E-state index in [4.69, 9.17) is 10.5 Å². The number of nitrogen functional groups attached to an aromatic ring is 1. The minimum atomic E-state index is -0.347. The smallest absolute Gasteiger partial charge is 0.337 e. The Kier molecular flexibility index (Phi) is 5.24. The van der Waals surface area contributed by atoms with Crippen LogP contribution in [0.3, 0.4) is 0 Å². The monoisotopic (exact) mass is 410 g/mol. The van der Waals surface area contributed by atoms with Crippen LogP contribution in [0.2, 0.25) is 0 Å². The maximum atomic E-state index is 11.7. The van der Waals surface area contributed by atoms with Crippen molar-refractivity contribution in [1.29, 1.82) is 0 Å². The average molecular weight is 411 g/mol. The number of benzene rings is 2. The van der Waals surface area contributed by atoms with E-state index in [1.54, 1.807) is 12.1 Å². The molecule has 0 saturated heterocycles. The minimum absolute atomic E-state index is 0.0437. The van der Waals surface area contributed by atoms with Gasteiger partial charge in [-0.15, -0.1) is 0 Å². The summed E-state index contributed by atoms with van der Waals surface area (Å²) in [6.45, 7) is 8.85. The maximum Gasteiger partial charge on any atom is 0.337 e. The Hall–Kier alpha value is -3.66. The van der Waals surface area contributed by atoms with Crippen LogP contribution in [0, 0.1) is 0 Å². The van der Waals surface area contributed by atoms with Gasteiger partial charge in [0.25, 0.3) is 0 Å². The van der Waals surface area contributed by atoms with Crippen molar-refractivity contribution in [1.82, 2.24) is 4.98 Å². The lowest BCUT2D eigenvalue weighted by atomic mass is 9.71. The van der Waals surface area contributed by atoms with Crippen LogP contribution in [0.5, 0.6) is 0 Å². The van der Waals surface area contributed by atoms with Crippen molar-refractivity contribution < 1.29 is 9.53 Å². The molecule has 0 atom stereocenters. The van der Waals surface area contributed by atoms with E-state index >= 15 is 0 Å². The van der Waals surface area contributed by atoms with Crippen molar-refractivity contribution in [2.75, 3.05) is 12.8 Å². The molecule has 1 aromatic heterocycles. The molecular weight excluding hydrogens is 384 g/mol. The number of aromatic nitrogens is 1. The van der Waals surface area contributed by atoms with Gasteiger partial charge in [0.2, 0.25) is 0 Å². The number of ether oxygens (including phenoxy) is 1. The lowest BCUT2D eigenvalue weighted by Gasteiger charge is -2.32. The Morgan fingerprint density at radius 2 is 1.71 bits per heavy atom. The summed E-state index contributed by atoms with van der Waals surface area (Å²) in [7, 11) is 1.38. The molecule has 1 aliphatic rings. The number of nitrogens with two attached hydrogens (primary N) is 1. The summed E-state index contributed by atoms with van der Waals surface area (Å²) >= 11 is 0. The summed E-state index contributed by atoms with van der Waals surface area (Å²) in [4.78, 5) is 16.0. The number of allylic oxidation sites excluding steroid dienone is 1. The zero-order valence-electron chi connectivity index (χ0n) is 18.1. The minimum Gasteiger partial charge on any atom is -0.465 e. The highest BCUT2D eigenvalue weighted by molar-refractivity contribution is 5.91. The van der Waals surface area contributed by atoms with Gasteiger partial charge in [-0.2, -0.15) is 0 Å². The number of hydrogen-bond acceptors (Lipinski definition) is 4. The van der Waals surface area contributed by atoms with Crippen LogP contribution >= 0.6 is 0 Å². The first-order valence-corrected chi connectivity index (χ1v) is 10.2. The Morgan fingerprint density at radius 3 is 2.35 bits per heavy atom. The number of carbonyl (C=O) groups is 1. The molecule has 4 rings (SSSR count). The highest BCUT2D eigenvalue weighted by atomic mass is 16.5. The second-order valence-corrected chi connectivity index (χ2v) is 8.49. The molecule has 2 aromatic carbocycles. The van der Waals surface area contributed by atoms with Crippen LogP contribution in [0.15, 0.2) is 73.4 Å². The summed E-state index contributed by atoms with van der Waals surface area (Å²) in [5.41, 5.74) is 14.0. The van der Waals surface area contributed by atoms with E-state index in [2.05, 4.69) is 49.7 Å². The van der Waals surface area contributed by atoms with Gasteiger partial charge >= 0.3 is 5.97 Å². The number of carbonyl (C=O) groups excluding carboxylic acids is 1. The first-order valence-electron chi connectivity index (χ1n) is 10.2. The molecule has 156 valence electrons. The van der Waals surface area contributed by atoms with Crippen LogP contribution < -0.4 is 5.73 Å². The molecule has 0 fully saturated rings. The first-order chi connectivity index (χ1) is 14.8. The Bertz CT molecular complexity index is 1190. The lowest BCUT2D eigenvalue weighted by molar-refractivity contribution is 0.0600. The van der Waals surface area contributed by atoms with Gasteiger partial charge in [-0.25, -0.2) is 9.78 Å². The van der Waals surface area contributed by atoms with Crippen LogP contribution in [-0.4, -0.2) is 18.1 Å². The fourth-order valence-electron chi connectivity index (χ4n) is 4.05. The normalized spacial score (nSPS) is 14.4. The molecule has 0 amide bonds. The number of esters is 1. The second-order valence-electron chi connectivity index (χ2n) is 8.49. The predicted octanol–water partition coefficient (Wildman–Crippen LogP) is 5.62. The number of pyridine rings is 1. The molecule has 0 radical (unpaired) electrons. The van der Waals surface area contributed by atoms with Gasteiger partial charge in [0.15, 0.2) is 0 Å². The fourth-order valence-corrected chi connectivity index (χ4v) is 4.05. The van der Waals surface area contributed by atoms with E-state index in [0.717, 1.165) is 34.3 Å². The van der Waals surface area contributed by atoms with E-state index < -0.39 is 0 Å². The SMILES string of the molecule is C=C(c1ccc(C(=O)OC)cc1)c1ccc2c(c1)C(c1ccc(N)nc1)=CCC2(C)C. The van der Waals surface area contributed by atoms with E-state index in [0.29, 0.717) is 11.4 Å². The topological polar surface area (TPSA) is 65.2 Å². The molecule has 1 aliphatic carbocycles. The van der Waals surface area contributed by atoms with Crippen LogP contribution in [0.1, 0.15) is 58.4 Å². The quantitative estimate of drug-likeness (QED) is 0.567. The van der Waals surface area contributed by atoms with E-state index in [1.807, 2.05) is 30.5 Å². The third-order valence-corrected chi connectivity index (χ3v) is 5.96. The molecule has 1 heterocycles. The number of hydrogen-bond donors (Lipinski definition) is 1. The van der Waals surface area contributed by atoms with Gasteiger partial charge in [0, 0.05) is 11.8 Å². The highest BCUT2D eigenvalue weighted by Crippen LogP contribution is 2.42. The number of rotatable bonds is 4. The van der Waals surface area contributed by atoms with Crippen molar-refractivity contribution >= 4 is 22.9 Å². The largest absolute Gasteiger partial charge is 0.465 e. The van der Waals surface area contributed by atoms with Crippen molar-refractivity contribution in [2.45, 2.75) is 25.7 Å². The Balaban J connectivity index is 1.74. The Morgan fingerprint density at radius 1 is 1.03 bits per heavy atom. The first kappa shape index (κ1) is 20.6. The van der Waals surface area contributed by atoms with E-state index in [-0.39, 0.29) is 11.4 Å². The van der Waals surface area contributed by atoms with Crippen LogP contribution in [0.4, 0.5) is 5.82 Å². The van der Waals surface area contributed by atoms with Crippen molar-refractivity contribution in [3.63, 3.8) is 0 Å². The van der Waals surface area contributed by atoms with Crippen LogP contribution in [-0.2, 0) is 10.2 Å². The highest BCUT2D eigenvalue weighted by Gasteiger charge is 2.29. The predicted molar refractivity (Wildman–Crippen MR) is 126 cm³/mol. The summed E-state index contributed by atoms with van der Waals surface area (Å²) in [5.74, 6) is 0.165. The van der Waals surface area contributed by atoms with Gasteiger partial charge in [-0.3, -0.25) is 0 Å². The third-order valence-electron chi connectivity index (χ3n) is 5.96. The number of fused-ring (bicyclic) bond motifs is 1. The molecule has 3 aromatic rings. The molecule has 0 bridgehead atoms. The van der Waals surface area contributed by atoms with Crippen molar-refractivity contribution in [3.05, 3.63) is 107 Å². The summed E-state index contributed by atoms with van der Waals surface area (Å²) in [5, 5.41) is 0. The van der Waals surface area contributed by atoms with Crippen LogP contribution in [0.25, 0.3) is 11.1 Å². The number of anilines is 1. The van der Waals surface area contributed by atoms with Gasteiger partial charge < -0.3 is 10.5 Å². The maximum absolute atomic E-state index is 11.7. The molecular formula is C27H26N2O2. The van der Waals surface area contributed by atoms with Crippen molar-refractivity contribution in [2.24, 2.45) is 0 Å². The molecule has 2 N–H and O–H groups in total. The van der Waals surface area contributed by atoms with Gasteiger partial charge in [-0.1, -0.05) is 50.8 Å². The fraction of sp³-hybridized carbons (Fsp3) is 0.185. The van der Waals surface area contributed by atoms with Gasteiger partial charge in [0.05, 0.1) is 12.7 Å². The third kappa shape index (κ3) is 3.89. The summed E-state index contributed by atoms with van der Waals surface area (Å²) < 4.78 is 4.78. The lowest BCUT2D eigenvalue weighted by Crippen LogP contribution is -2.22. The van der Waals surface area contributed by atoms with E-state index in [1.165, 1.54) is 18.2 Å². The number of methoxy groups -OCH3 is 1. The zero-order chi connectivity index (χ0) is 22.2. The molecule has 4 heteroatoms. The average Bonchev–Trinajstić information content (AvgIpc) is 2.79. The standard InChI is InChI=1S/C27H26N2O2/c1-17(18-5-7-19(8-6-18)26(30)31-4)20-9-11-24-23(15-20)22(13-14-27(24,2)3)21-10-12-25(28)29-16-21/h5-13,15-16H,1,14H2,2-4H3,(H2,28,29). The Labute approximate surface area is 183 Å². The summed E-state index contributed by atoms with van der Waals surface area (Å²) in [6, 6.07) is 17.7. The number of nitrogens with zero attached hydrogens (tertiary/aromatic N) is 1. The summed E-state index contributed by atoms with van der Waals surface area (Å²) in [6.07, 6.45) is 5.07. The van der Waals surface area contributed by atoms with Gasteiger partial charge in [0.1, 0.15) is 5.82 Å². The molecule has 0 unspecified atom stereocenters. The molecule has 4 nitrogen and oxygen atoms in total.